The Morgan fingerprint density at radius 1 is 1.29 bits per heavy atom. The summed E-state index contributed by atoms with van der Waals surface area (Å²) < 4.78 is 6.92. The molecule has 1 aromatic rings. The molecule has 0 radical (unpaired) electrons. The van der Waals surface area contributed by atoms with Crippen LogP contribution in [0.3, 0.4) is 0 Å². The van der Waals surface area contributed by atoms with Gasteiger partial charge in [0.15, 0.2) is 6.29 Å². The van der Waals surface area contributed by atoms with Crippen molar-refractivity contribution in [2.45, 2.75) is 38.9 Å². The van der Waals surface area contributed by atoms with Crippen LogP contribution in [0.25, 0.3) is 0 Å². The first-order valence-electron chi connectivity index (χ1n) is 5.61. The van der Waals surface area contributed by atoms with Crippen LogP contribution in [-0.2, 0) is 0 Å². The van der Waals surface area contributed by atoms with Gasteiger partial charge in [-0.25, -0.2) is 0 Å². The zero-order valence-corrected chi connectivity index (χ0v) is 13.6. The molecule has 1 rings (SSSR count). The van der Waals surface area contributed by atoms with Gasteiger partial charge in [0.25, 0.3) is 0 Å². The maximum atomic E-state index is 10.7. The van der Waals surface area contributed by atoms with Crippen molar-refractivity contribution in [2.75, 3.05) is 0 Å². The normalized spacial score (nSPS) is 12.4. The fourth-order valence-electron chi connectivity index (χ4n) is 1.11. The van der Waals surface area contributed by atoms with Crippen LogP contribution < -0.4 is 4.43 Å². The molecule has 0 aromatic heterocycles. The highest BCUT2D eigenvalue weighted by Crippen LogP contribution is 2.37. The van der Waals surface area contributed by atoms with Gasteiger partial charge in [-0.2, -0.15) is 0 Å². The van der Waals surface area contributed by atoms with Crippen LogP contribution >= 0.6 is 15.9 Å². The zero-order valence-electron chi connectivity index (χ0n) is 11.0. The van der Waals surface area contributed by atoms with Gasteiger partial charge in [0.1, 0.15) is 5.75 Å². The predicted octanol–water partition coefficient (Wildman–Crippen LogP) is 4.65. The minimum atomic E-state index is -1.81. The highest BCUT2D eigenvalue weighted by Gasteiger charge is 2.38. The van der Waals surface area contributed by atoms with Crippen LogP contribution in [0.4, 0.5) is 0 Å². The largest absolute Gasteiger partial charge is 0.543 e. The van der Waals surface area contributed by atoms with Gasteiger partial charge in [0.05, 0.1) is 0 Å². The van der Waals surface area contributed by atoms with Gasteiger partial charge < -0.3 is 4.43 Å². The van der Waals surface area contributed by atoms with Crippen LogP contribution in [0.1, 0.15) is 31.1 Å². The lowest BCUT2D eigenvalue weighted by molar-refractivity contribution is 0.112. The molecule has 1 aromatic carbocycles. The Hall–Kier alpha value is -0.613. The SMILES string of the molecule is CC(C)(C)[Si](C)(C)Oc1ccc(C=O)c(Br)c1. The lowest BCUT2D eigenvalue weighted by Crippen LogP contribution is -2.43. The Morgan fingerprint density at radius 2 is 1.88 bits per heavy atom. The van der Waals surface area contributed by atoms with E-state index in [1.807, 2.05) is 12.1 Å². The standard InChI is InChI=1S/C13H19BrO2Si/c1-13(2,3)17(4,5)16-11-7-6-10(9-15)12(14)8-11/h6-9H,1-5H3. The molecule has 2 nitrogen and oxygen atoms in total. The van der Waals surface area contributed by atoms with Gasteiger partial charge >= 0.3 is 0 Å². The average molecular weight is 315 g/mol. The lowest BCUT2D eigenvalue weighted by atomic mass is 10.2. The molecule has 0 bridgehead atoms. The summed E-state index contributed by atoms with van der Waals surface area (Å²) in [5.41, 5.74) is 0.646. The van der Waals surface area contributed by atoms with Crippen LogP contribution in [0.2, 0.25) is 18.1 Å². The molecule has 17 heavy (non-hydrogen) atoms. The summed E-state index contributed by atoms with van der Waals surface area (Å²) in [7, 11) is -1.81. The van der Waals surface area contributed by atoms with E-state index in [4.69, 9.17) is 4.43 Å². The second-order valence-corrected chi connectivity index (χ2v) is 11.2. The molecule has 0 unspecified atom stereocenters. The van der Waals surface area contributed by atoms with E-state index in [2.05, 4.69) is 49.8 Å². The molecule has 0 saturated heterocycles. The minimum Gasteiger partial charge on any atom is -0.543 e. The van der Waals surface area contributed by atoms with Crippen molar-refractivity contribution in [1.29, 1.82) is 0 Å². The molecule has 0 aliphatic carbocycles. The zero-order chi connectivity index (χ0) is 13.3. The van der Waals surface area contributed by atoms with Crippen molar-refractivity contribution in [3.63, 3.8) is 0 Å². The number of halogens is 1. The summed E-state index contributed by atoms with van der Waals surface area (Å²) in [5, 5.41) is 0.169. The molecular weight excluding hydrogens is 296 g/mol. The molecule has 94 valence electrons. The summed E-state index contributed by atoms with van der Waals surface area (Å²) in [6, 6.07) is 5.50. The van der Waals surface area contributed by atoms with Gasteiger partial charge in [-0.3, -0.25) is 4.79 Å². The summed E-state index contributed by atoms with van der Waals surface area (Å²) in [6.07, 6.45) is 0.834. The Kier molecular flexibility index (Phi) is 4.20. The molecule has 0 heterocycles. The predicted molar refractivity (Wildman–Crippen MR) is 77.4 cm³/mol. The Bertz CT molecular complexity index is 422. The summed E-state index contributed by atoms with van der Waals surface area (Å²) in [4.78, 5) is 10.7. The smallest absolute Gasteiger partial charge is 0.250 e. The first-order chi connectivity index (χ1) is 7.67. The molecular formula is C13H19BrO2Si. The summed E-state index contributed by atoms with van der Waals surface area (Å²) >= 11 is 3.37. The molecule has 4 heteroatoms. The Morgan fingerprint density at radius 3 is 2.29 bits per heavy atom. The van der Waals surface area contributed by atoms with Gasteiger partial charge in [0, 0.05) is 10.0 Å². The van der Waals surface area contributed by atoms with Crippen LogP contribution in [0.15, 0.2) is 22.7 Å². The molecule has 0 aliphatic rings. The molecule has 0 amide bonds. The van der Waals surface area contributed by atoms with E-state index in [0.29, 0.717) is 5.56 Å². The van der Waals surface area contributed by atoms with Crippen molar-refractivity contribution in [3.8, 4) is 5.75 Å². The fourth-order valence-corrected chi connectivity index (χ4v) is 2.59. The topological polar surface area (TPSA) is 26.3 Å². The molecule has 0 spiro atoms. The second kappa shape index (κ2) is 4.94. The summed E-state index contributed by atoms with van der Waals surface area (Å²) in [5.74, 6) is 0.828. The highest BCUT2D eigenvalue weighted by molar-refractivity contribution is 9.10. The van der Waals surface area contributed by atoms with Crippen LogP contribution in [0.5, 0.6) is 5.75 Å². The van der Waals surface area contributed by atoms with Gasteiger partial charge in [-0.05, 0) is 52.3 Å². The van der Waals surface area contributed by atoms with E-state index in [1.165, 1.54) is 0 Å². The van der Waals surface area contributed by atoms with E-state index in [9.17, 15) is 4.79 Å². The lowest BCUT2D eigenvalue weighted by Gasteiger charge is -2.36. The number of rotatable bonds is 3. The average Bonchev–Trinajstić information content (AvgIpc) is 2.15. The van der Waals surface area contributed by atoms with E-state index in [0.717, 1.165) is 16.5 Å². The fraction of sp³-hybridized carbons (Fsp3) is 0.462. The van der Waals surface area contributed by atoms with Crippen LogP contribution in [-0.4, -0.2) is 14.6 Å². The Balaban J connectivity index is 2.97. The maximum Gasteiger partial charge on any atom is 0.250 e. The van der Waals surface area contributed by atoms with Gasteiger partial charge in [0.2, 0.25) is 8.32 Å². The van der Waals surface area contributed by atoms with Crippen molar-refractivity contribution in [2.24, 2.45) is 0 Å². The minimum absolute atomic E-state index is 0.169. The van der Waals surface area contributed by atoms with Gasteiger partial charge in [-0.1, -0.05) is 20.8 Å². The number of carbonyl (C=O) groups excluding carboxylic acids is 1. The monoisotopic (exact) mass is 314 g/mol. The first-order valence-corrected chi connectivity index (χ1v) is 9.31. The molecule has 0 N–H and O–H groups in total. The van der Waals surface area contributed by atoms with E-state index in [1.54, 1.807) is 6.07 Å². The molecule has 0 saturated carbocycles. The van der Waals surface area contributed by atoms with E-state index < -0.39 is 8.32 Å². The third-order valence-electron chi connectivity index (χ3n) is 3.28. The second-order valence-electron chi connectivity index (χ2n) is 5.66. The van der Waals surface area contributed by atoms with Crippen LogP contribution in [0, 0.1) is 0 Å². The van der Waals surface area contributed by atoms with Gasteiger partial charge in [-0.15, -0.1) is 0 Å². The Labute approximate surface area is 113 Å². The first kappa shape index (κ1) is 14.4. The third kappa shape index (κ3) is 3.42. The summed E-state index contributed by atoms with van der Waals surface area (Å²) in [6.45, 7) is 11.0. The number of hydrogen-bond donors (Lipinski definition) is 0. The van der Waals surface area contributed by atoms with Crippen molar-refractivity contribution in [1.82, 2.24) is 0 Å². The third-order valence-corrected chi connectivity index (χ3v) is 8.32. The number of aldehydes is 1. The highest BCUT2D eigenvalue weighted by atomic mass is 79.9. The van der Waals surface area contributed by atoms with Crippen molar-refractivity contribution >= 4 is 30.5 Å². The van der Waals surface area contributed by atoms with Crippen molar-refractivity contribution < 1.29 is 9.22 Å². The number of benzene rings is 1. The number of carbonyl (C=O) groups is 1. The van der Waals surface area contributed by atoms with E-state index >= 15 is 0 Å². The molecule has 0 atom stereocenters. The van der Waals surface area contributed by atoms with E-state index in [-0.39, 0.29) is 5.04 Å². The molecule has 0 aliphatic heterocycles. The number of hydrogen-bond acceptors (Lipinski definition) is 2. The maximum absolute atomic E-state index is 10.7. The quantitative estimate of drug-likeness (QED) is 0.600. The van der Waals surface area contributed by atoms with Crippen molar-refractivity contribution in [3.05, 3.63) is 28.2 Å². The molecule has 0 fully saturated rings.